The van der Waals surface area contributed by atoms with Crippen LogP contribution in [0.3, 0.4) is 0 Å². The van der Waals surface area contributed by atoms with Crippen LogP contribution in [-0.4, -0.2) is 60.0 Å². The highest BCUT2D eigenvalue weighted by Gasteiger charge is 2.26. The average molecular weight is 406 g/mol. The second-order valence-corrected chi connectivity index (χ2v) is 7.66. The van der Waals surface area contributed by atoms with Crippen LogP contribution in [0.2, 0.25) is 10.0 Å². The molecule has 3 heterocycles. The third-order valence-electron chi connectivity index (χ3n) is 5.06. The summed E-state index contributed by atoms with van der Waals surface area (Å²) in [5, 5.41) is 1.02. The van der Waals surface area contributed by atoms with Gasteiger partial charge in [-0.1, -0.05) is 29.3 Å². The molecule has 0 unspecified atom stereocenters. The Kier molecular flexibility index (Phi) is 5.36. The van der Waals surface area contributed by atoms with E-state index < -0.39 is 0 Å². The van der Waals surface area contributed by atoms with Crippen LogP contribution < -0.4 is 9.80 Å². The topological polar surface area (TPSA) is 52.6 Å². The zero-order valence-corrected chi connectivity index (χ0v) is 16.5. The van der Waals surface area contributed by atoms with Gasteiger partial charge in [0, 0.05) is 50.0 Å². The largest absolute Gasteiger partial charge is 0.368 e. The lowest BCUT2D eigenvalue weighted by atomic mass is 10.2. The number of carbonyl (C=O) groups is 1. The molecule has 0 bridgehead atoms. The Labute approximate surface area is 168 Å². The molecule has 27 heavy (non-hydrogen) atoms. The van der Waals surface area contributed by atoms with Crippen LogP contribution in [0.4, 0.5) is 11.6 Å². The highest BCUT2D eigenvalue weighted by molar-refractivity contribution is 6.33. The number of carbonyl (C=O) groups excluding carboxylic acids is 1. The lowest BCUT2D eigenvalue weighted by Crippen LogP contribution is -2.49. The number of benzene rings is 1. The number of nitrogens with zero attached hydrogens (tertiary/aromatic N) is 5. The van der Waals surface area contributed by atoms with Crippen LogP contribution in [0, 0.1) is 0 Å². The minimum absolute atomic E-state index is 0.131. The van der Waals surface area contributed by atoms with Crippen molar-refractivity contribution in [3.8, 4) is 0 Å². The summed E-state index contributed by atoms with van der Waals surface area (Å²) in [4.78, 5) is 27.9. The van der Waals surface area contributed by atoms with E-state index >= 15 is 0 Å². The van der Waals surface area contributed by atoms with Crippen molar-refractivity contribution < 1.29 is 4.79 Å². The summed E-state index contributed by atoms with van der Waals surface area (Å²) in [5.74, 6) is 0.464. The average Bonchev–Trinajstić information content (AvgIpc) is 3.23. The number of hydrogen-bond donors (Lipinski definition) is 0. The van der Waals surface area contributed by atoms with E-state index in [0.29, 0.717) is 34.8 Å². The van der Waals surface area contributed by atoms with Gasteiger partial charge in [0.15, 0.2) is 5.69 Å². The van der Waals surface area contributed by atoms with Crippen LogP contribution in [0.1, 0.15) is 23.3 Å². The smallest absolute Gasteiger partial charge is 0.274 e. The predicted molar refractivity (Wildman–Crippen MR) is 108 cm³/mol. The first kappa shape index (κ1) is 18.3. The first-order valence-electron chi connectivity index (χ1n) is 9.19. The molecule has 0 N–H and O–H groups in total. The van der Waals surface area contributed by atoms with Crippen LogP contribution in [0.25, 0.3) is 0 Å². The number of aromatic nitrogens is 2. The van der Waals surface area contributed by atoms with Gasteiger partial charge in [-0.05, 0) is 31.0 Å². The van der Waals surface area contributed by atoms with Crippen LogP contribution in [0.15, 0.2) is 30.5 Å². The van der Waals surface area contributed by atoms with E-state index in [1.165, 1.54) is 6.20 Å². The Balaban J connectivity index is 1.45. The first-order chi connectivity index (χ1) is 13.1. The SMILES string of the molecule is O=C(c1nc(N2CCCC2)ncc1Cl)N1CCN(c2cccc(Cl)c2)CC1. The standard InChI is InChI=1S/C19H21Cl2N5O/c20-14-4-3-5-15(12-14)24-8-10-25(11-9-24)18(27)17-16(21)13-22-19(23-17)26-6-1-2-7-26/h3-5,12-13H,1-2,6-11H2. The molecule has 0 aliphatic carbocycles. The van der Waals surface area contributed by atoms with Gasteiger partial charge < -0.3 is 14.7 Å². The number of piperazine rings is 1. The van der Waals surface area contributed by atoms with Crippen LogP contribution in [-0.2, 0) is 0 Å². The molecule has 0 saturated carbocycles. The highest BCUT2D eigenvalue weighted by Crippen LogP contribution is 2.23. The maximum atomic E-state index is 13.0. The zero-order valence-electron chi connectivity index (χ0n) is 14.9. The van der Waals surface area contributed by atoms with Gasteiger partial charge >= 0.3 is 0 Å². The van der Waals surface area contributed by atoms with E-state index in [4.69, 9.17) is 23.2 Å². The van der Waals surface area contributed by atoms with Crippen molar-refractivity contribution in [2.45, 2.75) is 12.8 Å². The summed E-state index contributed by atoms with van der Waals surface area (Å²) >= 11 is 12.3. The van der Waals surface area contributed by atoms with E-state index in [2.05, 4.69) is 19.8 Å². The molecule has 1 aromatic heterocycles. The molecule has 2 saturated heterocycles. The maximum absolute atomic E-state index is 13.0. The lowest BCUT2D eigenvalue weighted by Gasteiger charge is -2.36. The fourth-order valence-corrected chi connectivity index (χ4v) is 3.92. The minimum atomic E-state index is -0.131. The van der Waals surface area contributed by atoms with Gasteiger partial charge in [0.1, 0.15) is 0 Å². The Morgan fingerprint density at radius 3 is 2.41 bits per heavy atom. The number of anilines is 2. The second-order valence-electron chi connectivity index (χ2n) is 6.82. The fraction of sp³-hybridized carbons (Fsp3) is 0.421. The summed E-state index contributed by atoms with van der Waals surface area (Å²) in [6.07, 6.45) is 3.79. The molecule has 1 amide bonds. The van der Waals surface area contributed by atoms with Crippen molar-refractivity contribution in [1.29, 1.82) is 0 Å². The summed E-state index contributed by atoms with van der Waals surface area (Å²) in [6, 6.07) is 7.78. The summed E-state index contributed by atoms with van der Waals surface area (Å²) in [5.41, 5.74) is 1.37. The normalized spacial score (nSPS) is 17.5. The van der Waals surface area contributed by atoms with Crippen molar-refractivity contribution in [3.63, 3.8) is 0 Å². The molecule has 2 aromatic rings. The zero-order chi connectivity index (χ0) is 18.8. The third-order valence-corrected chi connectivity index (χ3v) is 5.57. The van der Waals surface area contributed by atoms with Crippen molar-refractivity contribution >= 4 is 40.7 Å². The van der Waals surface area contributed by atoms with Crippen LogP contribution >= 0.6 is 23.2 Å². The number of hydrogen-bond acceptors (Lipinski definition) is 5. The highest BCUT2D eigenvalue weighted by atomic mass is 35.5. The molecule has 2 aliphatic rings. The van der Waals surface area contributed by atoms with Crippen molar-refractivity contribution in [3.05, 3.63) is 46.2 Å². The van der Waals surface area contributed by atoms with Crippen molar-refractivity contribution in [2.75, 3.05) is 49.1 Å². The third kappa shape index (κ3) is 3.96. The lowest BCUT2D eigenvalue weighted by molar-refractivity contribution is 0.0741. The van der Waals surface area contributed by atoms with Gasteiger partial charge in [-0.2, -0.15) is 0 Å². The second kappa shape index (κ2) is 7.90. The minimum Gasteiger partial charge on any atom is -0.368 e. The fourth-order valence-electron chi connectivity index (χ4n) is 3.57. The Morgan fingerprint density at radius 1 is 0.963 bits per heavy atom. The molecule has 142 valence electrons. The molecule has 0 radical (unpaired) electrons. The van der Waals surface area contributed by atoms with Crippen molar-refractivity contribution in [2.24, 2.45) is 0 Å². The van der Waals surface area contributed by atoms with E-state index in [0.717, 1.165) is 44.7 Å². The molecule has 4 rings (SSSR count). The van der Waals surface area contributed by atoms with Crippen LogP contribution in [0.5, 0.6) is 0 Å². The van der Waals surface area contributed by atoms with Gasteiger partial charge in [0.2, 0.25) is 5.95 Å². The summed E-state index contributed by atoms with van der Waals surface area (Å²) in [6.45, 7) is 4.57. The predicted octanol–water partition coefficient (Wildman–Crippen LogP) is 3.35. The van der Waals surface area contributed by atoms with Gasteiger partial charge in [-0.25, -0.2) is 9.97 Å². The molecule has 0 spiro atoms. The molecule has 6 nitrogen and oxygen atoms in total. The van der Waals surface area contributed by atoms with E-state index in [1.807, 2.05) is 29.2 Å². The number of amides is 1. The molecule has 0 atom stereocenters. The number of rotatable bonds is 3. The van der Waals surface area contributed by atoms with E-state index in [-0.39, 0.29) is 5.91 Å². The first-order valence-corrected chi connectivity index (χ1v) is 9.95. The van der Waals surface area contributed by atoms with E-state index in [1.54, 1.807) is 0 Å². The molecule has 1 aromatic carbocycles. The molecular formula is C19H21Cl2N5O. The number of halogens is 2. The van der Waals surface area contributed by atoms with E-state index in [9.17, 15) is 4.79 Å². The molecule has 2 fully saturated rings. The maximum Gasteiger partial charge on any atom is 0.274 e. The van der Waals surface area contributed by atoms with Gasteiger partial charge in [-0.3, -0.25) is 4.79 Å². The van der Waals surface area contributed by atoms with Crippen molar-refractivity contribution in [1.82, 2.24) is 14.9 Å². The summed E-state index contributed by atoms with van der Waals surface area (Å²) in [7, 11) is 0. The molecule has 8 heteroatoms. The van der Waals surface area contributed by atoms with Gasteiger partial charge in [0.05, 0.1) is 11.2 Å². The Bertz CT molecular complexity index is 833. The van der Waals surface area contributed by atoms with Gasteiger partial charge in [-0.15, -0.1) is 0 Å². The molecular weight excluding hydrogens is 385 g/mol. The molecule has 2 aliphatic heterocycles. The summed E-state index contributed by atoms with van der Waals surface area (Å²) < 4.78 is 0. The Morgan fingerprint density at radius 2 is 1.70 bits per heavy atom. The quantitative estimate of drug-likeness (QED) is 0.783. The Hall–Kier alpha value is -2.05. The monoisotopic (exact) mass is 405 g/mol. The van der Waals surface area contributed by atoms with Gasteiger partial charge in [0.25, 0.3) is 5.91 Å².